The molecule has 3 aromatic carbocycles. The number of halogens is 4. The summed E-state index contributed by atoms with van der Waals surface area (Å²) in [6.45, 7) is 5.34. The van der Waals surface area contributed by atoms with E-state index in [-0.39, 0.29) is 5.69 Å². The van der Waals surface area contributed by atoms with Gasteiger partial charge < -0.3 is 20.7 Å². The smallest absolute Gasteiger partial charge is 0.417 e. The van der Waals surface area contributed by atoms with Crippen molar-refractivity contribution in [1.82, 2.24) is 9.97 Å². The molecule has 3 amide bonds. The molecule has 8 nitrogen and oxygen atoms in total. The Balaban J connectivity index is 1.62. The third kappa shape index (κ3) is 5.52. The first-order chi connectivity index (χ1) is 17.8. The Bertz CT molecular complexity index is 1510. The van der Waals surface area contributed by atoms with Gasteiger partial charge in [0.2, 0.25) is 0 Å². The predicted molar refractivity (Wildman–Crippen MR) is 141 cm³/mol. The number of carboxylic acid groups (broad SMARTS) is 1. The molecule has 0 aliphatic carbocycles. The lowest BCUT2D eigenvalue weighted by atomic mass is 9.97. The standard InChI is InChI=1S/C26H23ClF3N5O3/c1-25(2,3)35(24(37)38)20-11-10-19-22(32-13-31-19)21(20)14-4-6-15(7-5-14)33-23(36)34-16-8-9-18(27)17(12-16)26(28,29)30/h4-13H,1-3H3,(H,31,32)(H,37,38)(H2,33,34,36). The first-order valence-corrected chi connectivity index (χ1v) is 11.7. The Hall–Kier alpha value is -4.25. The minimum absolute atomic E-state index is 0.0818. The van der Waals surface area contributed by atoms with Crippen LogP contribution in [0, 0.1) is 0 Å². The second-order valence-corrected chi connectivity index (χ2v) is 9.80. The van der Waals surface area contributed by atoms with Gasteiger partial charge in [0.05, 0.1) is 33.6 Å². The van der Waals surface area contributed by atoms with Crippen molar-refractivity contribution in [2.45, 2.75) is 32.5 Å². The maximum Gasteiger partial charge on any atom is 0.417 e. The van der Waals surface area contributed by atoms with E-state index in [9.17, 15) is 27.9 Å². The summed E-state index contributed by atoms with van der Waals surface area (Å²) in [5.74, 6) is 0. The minimum Gasteiger partial charge on any atom is -0.465 e. The second kappa shape index (κ2) is 9.90. The number of rotatable bonds is 4. The molecule has 198 valence electrons. The zero-order valence-electron chi connectivity index (χ0n) is 20.4. The lowest BCUT2D eigenvalue weighted by Gasteiger charge is -2.34. The Morgan fingerprint density at radius 1 is 0.974 bits per heavy atom. The number of H-pyrrole nitrogens is 1. The number of fused-ring (bicyclic) bond motifs is 1. The zero-order valence-corrected chi connectivity index (χ0v) is 21.2. The fraction of sp³-hybridized carbons (Fsp3) is 0.192. The molecule has 1 heterocycles. The van der Waals surface area contributed by atoms with Crippen molar-refractivity contribution < 1.29 is 27.9 Å². The number of urea groups is 1. The molecule has 0 fully saturated rings. The molecule has 0 saturated heterocycles. The van der Waals surface area contributed by atoms with Crippen molar-refractivity contribution >= 4 is 51.8 Å². The van der Waals surface area contributed by atoms with Crippen LogP contribution in [-0.2, 0) is 6.18 Å². The van der Waals surface area contributed by atoms with Crippen LogP contribution in [0.5, 0.6) is 0 Å². The number of nitrogens with one attached hydrogen (secondary N) is 3. The maximum atomic E-state index is 13.1. The summed E-state index contributed by atoms with van der Waals surface area (Å²) >= 11 is 5.62. The van der Waals surface area contributed by atoms with E-state index in [1.165, 1.54) is 17.3 Å². The van der Waals surface area contributed by atoms with Crippen LogP contribution in [0.2, 0.25) is 5.02 Å². The van der Waals surface area contributed by atoms with E-state index in [2.05, 4.69) is 20.6 Å². The number of carbonyl (C=O) groups is 2. The highest BCUT2D eigenvalue weighted by Crippen LogP contribution is 2.40. The molecule has 0 unspecified atom stereocenters. The van der Waals surface area contributed by atoms with Gasteiger partial charge in [-0.1, -0.05) is 23.7 Å². The molecule has 12 heteroatoms. The van der Waals surface area contributed by atoms with Crippen LogP contribution in [0.1, 0.15) is 26.3 Å². The summed E-state index contributed by atoms with van der Waals surface area (Å²) in [6, 6.07) is 12.3. The Kier molecular flexibility index (Phi) is 6.98. The average Bonchev–Trinajstić information content (AvgIpc) is 3.28. The second-order valence-electron chi connectivity index (χ2n) is 9.40. The van der Waals surface area contributed by atoms with Gasteiger partial charge >= 0.3 is 18.3 Å². The molecule has 4 aromatic rings. The van der Waals surface area contributed by atoms with Crippen molar-refractivity contribution in [2.24, 2.45) is 0 Å². The van der Waals surface area contributed by atoms with Gasteiger partial charge in [0.25, 0.3) is 0 Å². The highest BCUT2D eigenvalue weighted by molar-refractivity contribution is 6.31. The molecule has 0 spiro atoms. The van der Waals surface area contributed by atoms with Crippen molar-refractivity contribution in [3.63, 3.8) is 0 Å². The SMILES string of the molecule is CC(C)(C)N(C(=O)O)c1ccc2[nH]cnc2c1-c1ccc(NC(=O)Nc2ccc(Cl)c(C(F)(F)F)c2)cc1. The van der Waals surface area contributed by atoms with Gasteiger partial charge in [-0.25, -0.2) is 14.6 Å². The van der Waals surface area contributed by atoms with Crippen LogP contribution in [0.3, 0.4) is 0 Å². The maximum absolute atomic E-state index is 13.1. The molecule has 4 N–H and O–H groups in total. The van der Waals surface area contributed by atoms with Gasteiger partial charge in [0.15, 0.2) is 0 Å². The van der Waals surface area contributed by atoms with Gasteiger partial charge in [-0.2, -0.15) is 13.2 Å². The number of aromatic amines is 1. The molecule has 1 aromatic heterocycles. The Labute approximate surface area is 220 Å². The van der Waals surface area contributed by atoms with Crippen LogP contribution < -0.4 is 15.5 Å². The van der Waals surface area contributed by atoms with E-state index in [1.807, 2.05) is 0 Å². The van der Waals surface area contributed by atoms with Crippen molar-refractivity contribution in [2.75, 3.05) is 15.5 Å². The number of carbonyl (C=O) groups excluding carboxylic acids is 1. The monoisotopic (exact) mass is 545 g/mol. The molecule has 0 saturated carbocycles. The topological polar surface area (TPSA) is 110 Å². The molecule has 38 heavy (non-hydrogen) atoms. The van der Waals surface area contributed by atoms with Gasteiger partial charge in [0, 0.05) is 22.5 Å². The van der Waals surface area contributed by atoms with E-state index in [1.54, 1.807) is 57.2 Å². The first kappa shape index (κ1) is 26.8. The normalized spacial score (nSPS) is 11.9. The molecule has 0 aliphatic rings. The summed E-state index contributed by atoms with van der Waals surface area (Å²) in [6.07, 6.45) is -4.28. The molecule has 0 aliphatic heterocycles. The van der Waals surface area contributed by atoms with Crippen LogP contribution in [0.4, 0.5) is 39.8 Å². The summed E-state index contributed by atoms with van der Waals surface area (Å²) in [4.78, 5) is 33.3. The molecule has 0 atom stereocenters. The van der Waals surface area contributed by atoms with Crippen LogP contribution in [-0.4, -0.2) is 32.7 Å². The van der Waals surface area contributed by atoms with Gasteiger partial charge in [-0.3, -0.25) is 4.90 Å². The van der Waals surface area contributed by atoms with Crippen LogP contribution in [0.15, 0.2) is 60.9 Å². The molecular weight excluding hydrogens is 523 g/mol. The summed E-state index contributed by atoms with van der Waals surface area (Å²) in [5.41, 5.74) is 1.41. The Morgan fingerprint density at radius 3 is 2.21 bits per heavy atom. The number of benzene rings is 3. The number of hydrogen-bond acceptors (Lipinski definition) is 3. The van der Waals surface area contributed by atoms with Crippen molar-refractivity contribution in [3.8, 4) is 11.1 Å². The van der Waals surface area contributed by atoms with Gasteiger partial charge in [-0.05, 0) is 68.8 Å². The number of imidazole rings is 1. The Morgan fingerprint density at radius 2 is 1.61 bits per heavy atom. The van der Waals surface area contributed by atoms with Crippen LogP contribution in [0.25, 0.3) is 22.2 Å². The van der Waals surface area contributed by atoms with E-state index in [0.29, 0.717) is 33.5 Å². The quantitative estimate of drug-likeness (QED) is 0.209. The zero-order chi connectivity index (χ0) is 27.8. The van der Waals surface area contributed by atoms with E-state index in [4.69, 9.17) is 11.6 Å². The van der Waals surface area contributed by atoms with E-state index in [0.717, 1.165) is 12.1 Å². The largest absolute Gasteiger partial charge is 0.465 e. The van der Waals surface area contributed by atoms with Gasteiger partial charge in [-0.15, -0.1) is 0 Å². The van der Waals surface area contributed by atoms with E-state index < -0.39 is 34.4 Å². The predicted octanol–water partition coefficient (Wildman–Crippen LogP) is 7.83. The lowest BCUT2D eigenvalue weighted by Crippen LogP contribution is -2.45. The lowest BCUT2D eigenvalue weighted by molar-refractivity contribution is -0.137. The minimum atomic E-state index is -4.67. The summed E-state index contributed by atoms with van der Waals surface area (Å²) < 4.78 is 39.3. The summed E-state index contributed by atoms with van der Waals surface area (Å²) in [7, 11) is 0. The third-order valence-electron chi connectivity index (χ3n) is 5.63. The summed E-state index contributed by atoms with van der Waals surface area (Å²) in [5, 5.41) is 14.4. The highest BCUT2D eigenvalue weighted by Gasteiger charge is 2.34. The molecular formula is C26H23ClF3N5O3. The number of amides is 3. The fourth-order valence-electron chi connectivity index (χ4n) is 4.05. The third-order valence-corrected chi connectivity index (χ3v) is 5.96. The fourth-order valence-corrected chi connectivity index (χ4v) is 4.28. The van der Waals surface area contributed by atoms with Crippen molar-refractivity contribution in [3.05, 3.63) is 71.5 Å². The van der Waals surface area contributed by atoms with E-state index >= 15 is 0 Å². The number of nitrogens with zero attached hydrogens (tertiary/aromatic N) is 2. The number of anilines is 3. The molecule has 4 rings (SSSR count). The first-order valence-electron chi connectivity index (χ1n) is 11.3. The highest BCUT2D eigenvalue weighted by atomic mass is 35.5. The average molecular weight is 546 g/mol. The van der Waals surface area contributed by atoms with Crippen LogP contribution >= 0.6 is 11.6 Å². The van der Waals surface area contributed by atoms with Gasteiger partial charge in [0.1, 0.15) is 0 Å². The molecule has 0 radical (unpaired) electrons. The number of hydrogen-bond donors (Lipinski definition) is 4. The number of aromatic nitrogens is 2. The molecule has 0 bridgehead atoms. The number of alkyl halides is 3. The van der Waals surface area contributed by atoms with Crippen molar-refractivity contribution in [1.29, 1.82) is 0 Å².